The summed E-state index contributed by atoms with van der Waals surface area (Å²) in [5, 5.41) is 0. The fraction of sp³-hybridized carbons (Fsp3) is 0.455. The molecule has 19 heavy (non-hydrogen) atoms. The van der Waals surface area contributed by atoms with Crippen LogP contribution in [0.5, 0.6) is 11.5 Å². The SMILES string of the molecule is Cl.N[C@H](CCC(F)(F)F)c1cc2c(cc1Br)OCO2. The van der Waals surface area contributed by atoms with Gasteiger partial charge in [0.1, 0.15) is 0 Å². The minimum atomic E-state index is -4.19. The van der Waals surface area contributed by atoms with Crippen LogP contribution in [0.15, 0.2) is 16.6 Å². The van der Waals surface area contributed by atoms with E-state index in [1.807, 2.05) is 0 Å². The summed E-state index contributed by atoms with van der Waals surface area (Å²) in [6, 6.07) is 2.58. The number of hydrogen-bond donors (Lipinski definition) is 1. The molecule has 1 atom stereocenters. The second-order valence-corrected chi connectivity index (χ2v) is 4.84. The molecular weight excluding hydrogens is 350 g/mol. The van der Waals surface area contributed by atoms with Crippen molar-refractivity contribution < 1.29 is 22.6 Å². The van der Waals surface area contributed by atoms with Gasteiger partial charge in [-0.2, -0.15) is 13.2 Å². The van der Waals surface area contributed by atoms with Crippen molar-refractivity contribution in [2.45, 2.75) is 25.1 Å². The highest BCUT2D eigenvalue weighted by Crippen LogP contribution is 2.39. The minimum Gasteiger partial charge on any atom is -0.454 e. The second-order valence-electron chi connectivity index (χ2n) is 3.99. The van der Waals surface area contributed by atoms with Crippen LogP contribution in [0, 0.1) is 0 Å². The first-order valence-electron chi connectivity index (χ1n) is 5.28. The zero-order chi connectivity index (χ0) is 13.3. The number of benzene rings is 1. The van der Waals surface area contributed by atoms with Gasteiger partial charge in [0.05, 0.1) is 0 Å². The minimum absolute atomic E-state index is 0. The molecule has 0 aromatic heterocycles. The normalized spacial score (nSPS) is 15.0. The molecule has 0 fully saturated rings. The average Bonchev–Trinajstić information content (AvgIpc) is 2.70. The quantitative estimate of drug-likeness (QED) is 0.886. The predicted molar refractivity (Wildman–Crippen MR) is 69.7 cm³/mol. The molecule has 0 amide bonds. The number of nitrogens with two attached hydrogens (primary N) is 1. The molecule has 1 aromatic carbocycles. The van der Waals surface area contributed by atoms with Crippen molar-refractivity contribution >= 4 is 28.3 Å². The van der Waals surface area contributed by atoms with E-state index in [9.17, 15) is 13.2 Å². The Morgan fingerprint density at radius 2 is 1.84 bits per heavy atom. The first-order valence-corrected chi connectivity index (χ1v) is 6.07. The summed E-state index contributed by atoms with van der Waals surface area (Å²) in [5.74, 6) is 1.07. The van der Waals surface area contributed by atoms with Crippen LogP contribution in [-0.2, 0) is 0 Å². The van der Waals surface area contributed by atoms with Crippen molar-refractivity contribution in [1.82, 2.24) is 0 Å². The van der Waals surface area contributed by atoms with Crippen molar-refractivity contribution in [2.75, 3.05) is 6.79 Å². The topological polar surface area (TPSA) is 44.5 Å². The highest BCUT2D eigenvalue weighted by Gasteiger charge is 2.29. The molecular formula is C11H12BrClF3NO2. The van der Waals surface area contributed by atoms with E-state index in [0.29, 0.717) is 21.5 Å². The summed E-state index contributed by atoms with van der Waals surface area (Å²) in [4.78, 5) is 0. The van der Waals surface area contributed by atoms with Gasteiger partial charge >= 0.3 is 6.18 Å². The van der Waals surface area contributed by atoms with E-state index in [1.165, 1.54) is 0 Å². The van der Waals surface area contributed by atoms with Gasteiger partial charge in [0, 0.05) is 16.9 Å². The third-order valence-electron chi connectivity index (χ3n) is 2.63. The van der Waals surface area contributed by atoms with Gasteiger partial charge in [-0.3, -0.25) is 0 Å². The van der Waals surface area contributed by atoms with Gasteiger partial charge in [-0.05, 0) is 24.1 Å². The first kappa shape index (κ1) is 16.4. The molecule has 2 N–H and O–H groups in total. The van der Waals surface area contributed by atoms with Gasteiger partial charge < -0.3 is 15.2 Å². The molecule has 0 radical (unpaired) electrons. The third kappa shape index (κ3) is 4.15. The number of fused-ring (bicyclic) bond motifs is 1. The lowest BCUT2D eigenvalue weighted by Gasteiger charge is -2.15. The van der Waals surface area contributed by atoms with Gasteiger partial charge in [-0.25, -0.2) is 0 Å². The maximum Gasteiger partial charge on any atom is 0.389 e. The van der Waals surface area contributed by atoms with E-state index in [1.54, 1.807) is 12.1 Å². The van der Waals surface area contributed by atoms with Crippen molar-refractivity contribution in [1.29, 1.82) is 0 Å². The molecule has 1 aliphatic rings. The van der Waals surface area contributed by atoms with Gasteiger partial charge in [0.2, 0.25) is 6.79 Å². The molecule has 1 aromatic rings. The Bertz CT molecular complexity index is 456. The van der Waals surface area contributed by atoms with Crippen LogP contribution in [0.2, 0.25) is 0 Å². The number of ether oxygens (including phenoxy) is 2. The van der Waals surface area contributed by atoms with Crippen LogP contribution in [-0.4, -0.2) is 13.0 Å². The van der Waals surface area contributed by atoms with E-state index in [4.69, 9.17) is 15.2 Å². The van der Waals surface area contributed by atoms with Crippen molar-refractivity contribution in [2.24, 2.45) is 5.73 Å². The van der Waals surface area contributed by atoms with E-state index in [0.717, 1.165) is 0 Å². The van der Waals surface area contributed by atoms with Crippen LogP contribution in [0.4, 0.5) is 13.2 Å². The van der Waals surface area contributed by atoms with Crippen LogP contribution >= 0.6 is 28.3 Å². The van der Waals surface area contributed by atoms with Gasteiger partial charge in [-0.15, -0.1) is 12.4 Å². The Labute approximate surface area is 122 Å². The fourth-order valence-electron chi connectivity index (χ4n) is 1.69. The highest BCUT2D eigenvalue weighted by atomic mass is 79.9. The summed E-state index contributed by atoms with van der Waals surface area (Å²) in [6.45, 7) is 0.114. The molecule has 0 saturated heterocycles. The molecule has 0 bridgehead atoms. The van der Waals surface area contributed by atoms with Gasteiger partial charge in [-0.1, -0.05) is 15.9 Å². The molecule has 0 unspecified atom stereocenters. The summed E-state index contributed by atoms with van der Waals surface area (Å²) in [7, 11) is 0. The molecule has 0 spiro atoms. The Morgan fingerprint density at radius 3 is 2.42 bits per heavy atom. The van der Waals surface area contributed by atoms with Crippen molar-refractivity contribution in [3.05, 3.63) is 22.2 Å². The van der Waals surface area contributed by atoms with Gasteiger partial charge in [0.25, 0.3) is 0 Å². The van der Waals surface area contributed by atoms with Crippen LogP contribution in [0.3, 0.4) is 0 Å². The molecule has 8 heteroatoms. The Kier molecular flexibility index (Phi) is 5.34. The molecule has 108 valence electrons. The van der Waals surface area contributed by atoms with Crippen LogP contribution in [0.1, 0.15) is 24.4 Å². The van der Waals surface area contributed by atoms with E-state index < -0.39 is 18.6 Å². The van der Waals surface area contributed by atoms with Crippen molar-refractivity contribution in [3.8, 4) is 11.5 Å². The standard InChI is InChI=1S/C11H11BrF3NO2.ClH/c12-7-4-10-9(17-5-18-10)3-6(7)8(16)1-2-11(13,14)15;/h3-4,8H,1-2,5,16H2;1H/t8-;/m1./s1. The zero-order valence-corrected chi connectivity index (χ0v) is 12.1. The average molecular weight is 363 g/mol. The summed E-state index contributed by atoms with van der Waals surface area (Å²) >= 11 is 3.27. The molecule has 0 saturated carbocycles. The maximum atomic E-state index is 12.1. The lowest BCUT2D eigenvalue weighted by Crippen LogP contribution is -2.16. The highest BCUT2D eigenvalue weighted by molar-refractivity contribution is 9.10. The van der Waals surface area contributed by atoms with Crippen LogP contribution < -0.4 is 15.2 Å². The molecule has 3 nitrogen and oxygen atoms in total. The smallest absolute Gasteiger partial charge is 0.389 e. The molecule has 0 aliphatic carbocycles. The zero-order valence-electron chi connectivity index (χ0n) is 9.67. The Hall–Kier alpha value is -0.660. The fourth-order valence-corrected chi connectivity index (χ4v) is 2.31. The summed E-state index contributed by atoms with van der Waals surface area (Å²) < 4.78 is 47.4. The number of halogens is 5. The lowest BCUT2D eigenvalue weighted by atomic mass is 10.0. The number of rotatable bonds is 3. The third-order valence-corrected chi connectivity index (χ3v) is 3.32. The largest absolute Gasteiger partial charge is 0.454 e. The van der Waals surface area contributed by atoms with Crippen molar-refractivity contribution in [3.63, 3.8) is 0 Å². The molecule has 1 aliphatic heterocycles. The van der Waals surface area contributed by atoms with Crippen LogP contribution in [0.25, 0.3) is 0 Å². The second kappa shape index (κ2) is 6.19. The summed E-state index contributed by atoms with van der Waals surface area (Å²) in [5.41, 5.74) is 6.36. The lowest BCUT2D eigenvalue weighted by molar-refractivity contribution is -0.136. The molecule has 1 heterocycles. The molecule has 2 rings (SSSR count). The van der Waals surface area contributed by atoms with E-state index >= 15 is 0 Å². The summed E-state index contributed by atoms with van der Waals surface area (Å²) in [6.07, 6.45) is -5.27. The van der Waals surface area contributed by atoms with E-state index in [-0.39, 0.29) is 25.6 Å². The van der Waals surface area contributed by atoms with E-state index in [2.05, 4.69) is 15.9 Å². The Morgan fingerprint density at radius 1 is 1.26 bits per heavy atom. The maximum absolute atomic E-state index is 12.1. The number of alkyl halides is 3. The Balaban J connectivity index is 0.00000180. The predicted octanol–water partition coefficient (Wildman–Crippen LogP) is 3.94. The van der Waals surface area contributed by atoms with Gasteiger partial charge in [0.15, 0.2) is 11.5 Å². The monoisotopic (exact) mass is 361 g/mol. The number of hydrogen-bond acceptors (Lipinski definition) is 3. The first-order chi connectivity index (χ1) is 8.37.